The molecular formula is C52H103N3O7. The Kier molecular flexibility index (Phi) is 43.8. The molecule has 0 spiro atoms. The summed E-state index contributed by atoms with van der Waals surface area (Å²) in [6, 6.07) is 0. The molecule has 368 valence electrons. The van der Waals surface area contributed by atoms with Crippen molar-refractivity contribution in [1.82, 2.24) is 14.7 Å². The Morgan fingerprint density at radius 1 is 0.452 bits per heavy atom. The zero-order valence-electron chi connectivity index (χ0n) is 41.3. The van der Waals surface area contributed by atoms with Gasteiger partial charge in [0.25, 0.3) is 0 Å². The lowest BCUT2D eigenvalue weighted by atomic mass is 10.1. The largest absolute Gasteiger partial charge is 0.466 e. The van der Waals surface area contributed by atoms with Crippen molar-refractivity contribution in [1.29, 1.82) is 0 Å². The summed E-state index contributed by atoms with van der Waals surface area (Å²) in [4.78, 5) is 32.4. The summed E-state index contributed by atoms with van der Waals surface area (Å²) < 4.78 is 23.5. The third kappa shape index (κ3) is 39.1. The number of ether oxygens (including phenoxy) is 4. The molecule has 0 aromatic heterocycles. The van der Waals surface area contributed by atoms with Crippen molar-refractivity contribution in [3.05, 3.63) is 0 Å². The fraction of sp³-hybridized carbons (Fsp3) is 0.962. The van der Waals surface area contributed by atoms with Gasteiger partial charge >= 0.3 is 11.9 Å². The van der Waals surface area contributed by atoms with Crippen LogP contribution in [0.2, 0.25) is 0 Å². The summed E-state index contributed by atoms with van der Waals surface area (Å²) in [6.45, 7) is 18.7. The Hall–Kier alpha value is -1.30. The van der Waals surface area contributed by atoms with Crippen LogP contribution in [-0.4, -0.2) is 130 Å². The monoisotopic (exact) mass is 882 g/mol. The van der Waals surface area contributed by atoms with Gasteiger partial charge in [-0.25, -0.2) is 0 Å². The molecule has 0 bridgehead atoms. The zero-order chi connectivity index (χ0) is 44.8. The molecule has 0 aromatic rings. The van der Waals surface area contributed by atoms with Crippen LogP contribution in [-0.2, 0) is 28.5 Å². The predicted molar refractivity (Wildman–Crippen MR) is 259 cm³/mol. The Balaban J connectivity index is 2.30. The van der Waals surface area contributed by atoms with Crippen molar-refractivity contribution in [2.45, 2.75) is 233 Å². The van der Waals surface area contributed by atoms with Crippen molar-refractivity contribution in [3.63, 3.8) is 0 Å². The molecule has 0 radical (unpaired) electrons. The maximum atomic E-state index is 12.6. The van der Waals surface area contributed by atoms with Gasteiger partial charge in [0.05, 0.1) is 19.8 Å². The van der Waals surface area contributed by atoms with Crippen LogP contribution in [0, 0.1) is 0 Å². The van der Waals surface area contributed by atoms with Crippen LogP contribution < -0.4 is 0 Å². The normalized spacial score (nSPS) is 13.8. The minimum Gasteiger partial charge on any atom is -0.466 e. The van der Waals surface area contributed by atoms with Gasteiger partial charge in [-0.2, -0.15) is 0 Å². The number of carbonyl (C=O) groups is 2. The lowest BCUT2D eigenvalue weighted by Gasteiger charge is -2.35. The highest BCUT2D eigenvalue weighted by Crippen LogP contribution is 2.15. The van der Waals surface area contributed by atoms with E-state index in [9.17, 15) is 14.7 Å². The van der Waals surface area contributed by atoms with Gasteiger partial charge in [0.1, 0.15) is 0 Å². The molecule has 10 heteroatoms. The smallest absolute Gasteiger partial charge is 0.305 e. The molecule has 0 atom stereocenters. The van der Waals surface area contributed by atoms with E-state index >= 15 is 0 Å². The minimum absolute atomic E-state index is 0.0385. The molecule has 1 aliphatic rings. The average molecular weight is 882 g/mol. The molecule has 0 amide bonds. The maximum absolute atomic E-state index is 12.6. The number of piperazine rings is 1. The van der Waals surface area contributed by atoms with Gasteiger partial charge in [0.2, 0.25) is 0 Å². The molecule has 1 fully saturated rings. The third-order valence-corrected chi connectivity index (χ3v) is 12.5. The minimum atomic E-state index is -0.165. The molecule has 1 saturated heterocycles. The first-order valence-electron chi connectivity index (χ1n) is 26.8. The van der Waals surface area contributed by atoms with Gasteiger partial charge in [0, 0.05) is 71.9 Å². The Morgan fingerprint density at radius 2 is 0.823 bits per heavy atom. The molecule has 10 nitrogen and oxygen atoms in total. The van der Waals surface area contributed by atoms with Gasteiger partial charge in [-0.05, 0) is 83.7 Å². The van der Waals surface area contributed by atoms with Crippen molar-refractivity contribution in [3.8, 4) is 0 Å². The summed E-state index contributed by atoms with van der Waals surface area (Å²) in [6.07, 6.45) is 35.9. The summed E-state index contributed by atoms with van der Waals surface area (Å²) in [5.74, 6) is -0.126. The van der Waals surface area contributed by atoms with Crippen molar-refractivity contribution >= 4 is 11.9 Å². The highest BCUT2D eigenvalue weighted by molar-refractivity contribution is 5.69. The van der Waals surface area contributed by atoms with Crippen LogP contribution in [0.3, 0.4) is 0 Å². The first-order valence-corrected chi connectivity index (χ1v) is 26.8. The molecule has 1 heterocycles. The Bertz CT molecular complexity index is 933. The van der Waals surface area contributed by atoms with E-state index in [-0.39, 0.29) is 24.8 Å². The van der Waals surface area contributed by atoms with E-state index in [1.807, 2.05) is 0 Å². The number of nitrogens with zero attached hydrogens (tertiary/aromatic N) is 3. The molecule has 1 rings (SSSR count). The number of esters is 2. The van der Waals surface area contributed by atoms with Crippen LogP contribution in [0.5, 0.6) is 0 Å². The number of unbranched alkanes of at least 4 members (excludes halogenated alkanes) is 23. The molecular weight excluding hydrogens is 779 g/mol. The van der Waals surface area contributed by atoms with Gasteiger partial charge < -0.3 is 29.0 Å². The van der Waals surface area contributed by atoms with Crippen LogP contribution in [0.4, 0.5) is 0 Å². The van der Waals surface area contributed by atoms with Crippen LogP contribution in [0.15, 0.2) is 0 Å². The second-order valence-electron chi connectivity index (χ2n) is 18.3. The van der Waals surface area contributed by atoms with Crippen molar-refractivity contribution in [2.75, 3.05) is 91.9 Å². The fourth-order valence-electron chi connectivity index (χ4n) is 8.31. The highest BCUT2D eigenvalue weighted by atomic mass is 16.7. The number of aliphatic hydroxyl groups is 1. The van der Waals surface area contributed by atoms with E-state index in [2.05, 4.69) is 35.5 Å². The summed E-state index contributed by atoms with van der Waals surface area (Å²) in [5.41, 5.74) is 0. The van der Waals surface area contributed by atoms with Crippen LogP contribution in [0.25, 0.3) is 0 Å². The van der Waals surface area contributed by atoms with Gasteiger partial charge in [0.15, 0.2) is 6.29 Å². The van der Waals surface area contributed by atoms with Crippen molar-refractivity contribution < 1.29 is 33.6 Å². The topological polar surface area (TPSA) is 101 Å². The number of aliphatic hydroxyl groups excluding tert-OH is 1. The Labute approximate surface area is 383 Å². The predicted octanol–water partition coefficient (Wildman–Crippen LogP) is 11.9. The lowest BCUT2D eigenvalue weighted by Crippen LogP contribution is -2.49. The fourth-order valence-corrected chi connectivity index (χ4v) is 8.31. The SMILES string of the molecule is CCCCCCCCCCCOC(=O)CCCCCN(CCCCCOC(=O)CCCCC(OCCCCCCCC)OCCCCCCCC)CCN1CCN(CCO)CC1. The number of rotatable bonds is 48. The number of carbonyl (C=O) groups excluding carboxylic acids is 2. The quantitative estimate of drug-likeness (QED) is 0.0361. The molecule has 0 saturated carbocycles. The van der Waals surface area contributed by atoms with Gasteiger partial charge in [-0.15, -0.1) is 0 Å². The van der Waals surface area contributed by atoms with Gasteiger partial charge in [-0.1, -0.05) is 143 Å². The zero-order valence-corrected chi connectivity index (χ0v) is 41.3. The second kappa shape index (κ2) is 46.2. The van der Waals surface area contributed by atoms with Crippen LogP contribution >= 0.6 is 0 Å². The molecule has 62 heavy (non-hydrogen) atoms. The van der Waals surface area contributed by atoms with E-state index in [1.54, 1.807) is 0 Å². The molecule has 0 aliphatic carbocycles. The molecule has 0 aromatic carbocycles. The summed E-state index contributed by atoms with van der Waals surface area (Å²) in [5, 5.41) is 9.31. The van der Waals surface area contributed by atoms with E-state index in [0.717, 1.165) is 156 Å². The van der Waals surface area contributed by atoms with E-state index in [0.29, 0.717) is 26.1 Å². The highest BCUT2D eigenvalue weighted by Gasteiger charge is 2.17. The molecule has 0 unspecified atom stereocenters. The number of hydrogen-bond acceptors (Lipinski definition) is 10. The van der Waals surface area contributed by atoms with Crippen molar-refractivity contribution in [2.24, 2.45) is 0 Å². The van der Waals surface area contributed by atoms with E-state index in [1.165, 1.54) is 109 Å². The molecule has 1 aliphatic heterocycles. The number of hydrogen-bond donors (Lipinski definition) is 1. The maximum Gasteiger partial charge on any atom is 0.305 e. The first-order chi connectivity index (χ1) is 30.5. The summed E-state index contributed by atoms with van der Waals surface area (Å²) >= 11 is 0. The third-order valence-electron chi connectivity index (χ3n) is 12.5. The average Bonchev–Trinajstić information content (AvgIpc) is 3.27. The second-order valence-corrected chi connectivity index (χ2v) is 18.3. The lowest BCUT2D eigenvalue weighted by molar-refractivity contribution is -0.149. The van der Waals surface area contributed by atoms with Crippen LogP contribution in [0.1, 0.15) is 226 Å². The molecule has 1 N–H and O–H groups in total. The van der Waals surface area contributed by atoms with E-state index in [4.69, 9.17) is 18.9 Å². The standard InChI is InChI=1S/C52H103N3O7/c1-4-7-10-13-16-17-18-21-29-46-59-50(57)33-24-22-27-36-53(38-39-54-40-42-55(43-41-54)44-45-56)37-28-23-32-47-60-51(58)34-25-26-35-52(61-48-30-19-14-11-8-5-2)62-49-31-20-15-12-9-6-3/h52,56H,4-49H2,1-3H3. The van der Waals surface area contributed by atoms with E-state index < -0.39 is 0 Å². The number of β-amino-alcohol motifs (C(OH)–C–C–N with tert-alkyl or cyclic N) is 1. The van der Waals surface area contributed by atoms with Gasteiger partial charge in [-0.3, -0.25) is 19.4 Å². The Morgan fingerprint density at radius 3 is 1.27 bits per heavy atom. The first kappa shape index (κ1) is 58.7. The summed E-state index contributed by atoms with van der Waals surface area (Å²) in [7, 11) is 0.